The molecule has 3 heterocycles. The third kappa shape index (κ3) is 5.48. The van der Waals surface area contributed by atoms with Crippen molar-refractivity contribution in [3.05, 3.63) is 72.6 Å². The number of nitrogens with zero attached hydrogens (tertiary/aromatic N) is 6. The average molecular weight is 543 g/mol. The number of aromatic nitrogens is 6. The van der Waals surface area contributed by atoms with Gasteiger partial charge in [0, 0.05) is 24.6 Å². The molecule has 0 bridgehead atoms. The minimum Gasteiger partial charge on any atom is -0.494 e. The number of ether oxygens (including phenoxy) is 3. The Labute approximate surface area is 219 Å². The largest absolute Gasteiger partial charge is 0.494 e. The second kappa shape index (κ2) is 11.6. The molecule has 0 aliphatic heterocycles. The molecule has 0 N–H and O–H groups in total. The second-order valence-electron chi connectivity index (χ2n) is 8.18. The van der Waals surface area contributed by atoms with Gasteiger partial charge in [0.05, 0.1) is 31.9 Å². The van der Waals surface area contributed by atoms with Crippen molar-refractivity contribution in [2.75, 3.05) is 20.8 Å². The van der Waals surface area contributed by atoms with E-state index in [0.29, 0.717) is 28.6 Å². The molecular formula is C25H27FN6O5S. The van der Waals surface area contributed by atoms with Crippen molar-refractivity contribution in [1.29, 1.82) is 0 Å². The van der Waals surface area contributed by atoms with E-state index in [-0.39, 0.29) is 18.3 Å². The van der Waals surface area contributed by atoms with Gasteiger partial charge in [-0.3, -0.25) is 9.55 Å². The number of rotatable bonds is 11. The SMILES string of the molecule is CCO[C@H](c1ncc(F)cn1)[C@H](C)S(=O)(=O)Cc1nnc(-c2cccnc2)n1-c1c(OC)cccc1OC. The minimum absolute atomic E-state index is 0.0632. The maximum Gasteiger partial charge on any atom is 0.170 e. The maximum absolute atomic E-state index is 13.7. The molecular weight excluding hydrogens is 515 g/mol. The fourth-order valence-electron chi connectivity index (χ4n) is 3.95. The first-order valence-electron chi connectivity index (χ1n) is 11.7. The molecule has 3 aromatic heterocycles. The topological polar surface area (TPSA) is 131 Å². The second-order valence-corrected chi connectivity index (χ2v) is 10.5. The van der Waals surface area contributed by atoms with Gasteiger partial charge < -0.3 is 14.2 Å². The lowest BCUT2D eigenvalue weighted by molar-refractivity contribution is 0.0555. The highest BCUT2D eigenvalue weighted by Crippen LogP contribution is 2.37. The van der Waals surface area contributed by atoms with Crippen molar-refractivity contribution in [3.63, 3.8) is 0 Å². The van der Waals surface area contributed by atoms with E-state index in [1.807, 2.05) is 0 Å². The lowest BCUT2D eigenvalue weighted by Gasteiger charge is -2.23. The van der Waals surface area contributed by atoms with Crippen molar-refractivity contribution in [3.8, 4) is 28.6 Å². The number of sulfone groups is 1. The molecule has 0 spiro atoms. The maximum atomic E-state index is 13.7. The van der Waals surface area contributed by atoms with Crippen molar-refractivity contribution >= 4 is 9.84 Å². The fourth-order valence-corrected chi connectivity index (χ4v) is 5.33. The van der Waals surface area contributed by atoms with Crippen LogP contribution in [0.2, 0.25) is 0 Å². The predicted molar refractivity (Wildman–Crippen MR) is 136 cm³/mol. The highest BCUT2D eigenvalue weighted by molar-refractivity contribution is 7.91. The van der Waals surface area contributed by atoms with Gasteiger partial charge in [-0.2, -0.15) is 0 Å². The normalized spacial score (nSPS) is 13.2. The molecule has 11 nitrogen and oxygen atoms in total. The molecule has 0 amide bonds. The Balaban J connectivity index is 1.83. The first kappa shape index (κ1) is 27.1. The third-order valence-electron chi connectivity index (χ3n) is 5.84. The van der Waals surface area contributed by atoms with Gasteiger partial charge in [0.25, 0.3) is 0 Å². The minimum atomic E-state index is -3.95. The summed E-state index contributed by atoms with van der Waals surface area (Å²) in [6, 6.07) is 8.73. The van der Waals surface area contributed by atoms with Gasteiger partial charge in [-0.25, -0.2) is 22.8 Å². The van der Waals surface area contributed by atoms with Crippen molar-refractivity contribution in [1.82, 2.24) is 29.7 Å². The Morgan fingerprint density at radius 3 is 2.26 bits per heavy atom. The molecule has 13 heteroatoms. The van der Waals surface area contributed by atoms with E-state index in [0.717, 1.165) is 12.4 Å². The fraction of sp³-hybridized carbons (Fsp3) is 0.320. The molecule has 2 atom stereocenters. The number of para-hydroxylation sites is 1. The summed E-state index contributed by atoms with van der Waals surface area (Å²) in [5, 5.41) is 7.46. The molecule has 0 aliphatic rings. The standard InChI is InChI=1S/C25H27FN6O5S/c1-5-37-23(24-28-13-18(26)14-29-24)16(2)38(33,34)15-21-30-31-25(17-8-7-11-27-12-17)32(21)22-19(35-3)9-6-10-20(22)36-4/h6-14,16,23H,5,15H2,1-4H3/t16-,23-/m0/s1. The number of pyridine rings is 1. The van der Waals surface area contributed by atoms with Crippen LogP contribution in [0.25, 0.3) is 17.1 Å². The Hall–Kier alpha value is -3.97. The molecule has 38 heavy (non-hydrogen) atoms. The lowest BCUT2D eigenvalue weighted by atomic mass is 10.2. The first-order valence-corrected chi connectivity index (χ1v) is 13.4. The Morgan fingerprint density at radius 2 is 1.68 bits per heavy atom. The smallest absolute Gasteiger partial charge is 0.170 e. The molecule has 0 saturated heterocycles. The van der Waals surface area contributed by atoms with Gasteiger partial charge in [-0.1, -0.05) is 6.07 Å². The van der Waals surface area contributed by atoms with E-state index in [9.17, 15) is 12.8 Å². The quantitative estimate of drug-likeness (QED) is 0.278. The molecule has 0 saturated carbocycles. The number of benzene rings is 1. The monoisotopic (exact) mass is 542 g/mol. The van der Waals surface area contributed by atoms with Crippen LogP contribution in [0.1, 0.15) is 31.6 Å². The van der Waals surface area contributed by atoms with E-state index < -0.39 is 32.8 Å². The van der Waals surface area contributed by atoms with E-state index >= 15 is 0 Å². The summed E-state index contributed by atoms with van der Waals surface area (Å²) in [5.41, 5.74) is 1.04. The number of hydrogen-bond donors (Lipinski definition) is 0. The molecule has 0 aliphatic carbocycles. The van der Waals surface area contributed by atoms with Crippen LogP contribution in [0, 0.1) is 5.82 Å². The summed E-state index contributed by atoms with van der Waals surface area (Å²) in [5.74, 6) is 0.235. The molecule has 200 valence electrons. The number of halogens is 1. The Bertz CT molecular complexity index is 1460. The van der Waals surface area contributed by atoms with Crippen LogP contribution in [-0.4, -0.2) is 64.2 Å². The van der Waals surface area contributed by atoms with E-state index in [4.69, 9.17) is 14.2 Å². The highest BCUT2D eigenvalue weighted by atomic mass is 32.2. The zero-order valence-electron chi connectivity index (χ0n) is 21.3. The van der Waals surface area contributed by atoms with Gasteiger partial charge in [0.1, 0.15) is 29.0 Å². The van der Waals surface area contributed by atoms with Crippen molar-refractivity contribution in [2.24, 2.45) is 0 Å². The van der Waals surface area contributed by atoms with Crippen LogP contribution in [-0.2, 0) is 20.3 Å². The predicted octanol–water partition coefficient (Wildman–Crippen LogP) is 3.36. The molecule has 0 unspecified atom stereocenters. The van der Waals surface area contributed by atoms with Crippen LogP contribution in [0.3, 0.4) is 0 Å². The Morgan fingerprint density at radius 1 is 1.00 bits per heavy atom. The summed E-state index contributed by atoms with van der Waals surface area (Å²) in [6.45, 7) is 3.42. The van der Waals surface area contributed by atoms with Gasteiger partial charge in [0.15, 0.2) is 33.1 Å². The Kier molecular flexibility index (Phi) is 8.27. The first-order chi connectivity index (χ1) is 18.3. The van der Waals surface area contributed by atoms with Crippen molar-refractivity contribution < 1.29 is 27.0 Å². The van der Waals surface area contributed by atoms with Gasteiger partial charge >= 0.3 is 0 Å². The summed E-state index contributed by atoms with van der Waals surface area (Å²) >= 11 is 0. The molecule has 1 aromatic carbocycles. The van der Waals surface area contributed by atoms with Crippen LogP contribution >= 0.6 is 0 Å². The van der Waals surface area contributed by atoms with Gasteiger partial charge in [0.2, 0.25) is 0 Å². The summed E-state index contributed by atoms with van der Waals surface area (Å²) in [7, 11) is -0.950. The summed E-state index contributed by atoms with van der Waals surface area (Å²) in [6.07, 6.45) is 4.13. The van der Waals surface area contributed by atoms with Gasteiger partial charge in [-0.15, -0.1) is 10.2 Å². The van der Waals surface area contributed by atoms with E-state index in [2.05, 4.69) is 25.1 Å². The molecule has 0 fully saturated rings. The average Bonchev–Trinajstić information content (AvgIpc) is 3.34. The number of hydrogen-bond acceptors (Lipinski definition) is 10. The number of methoxy groups -OCH3 is 2. The zero-order valence-corrected chi connectivity index (χ0v) is 22.1. The third-order valence-corrected chi connectivity index (χ3v) is 7.88. The summed E-state index contributed by atoms with van der Waals surface area (Å²) in [4.78, 5) is 12.0. The van der Waals surface area contributed by atoms with Crippen LogP contribution < -0.4 is 9.47 Å². The van der Waals surface area contributed by atoms with Crippen LogP contribution in [0.4, 0.5) is 4.39 Å². The van der Waals surface area contributed by atoms with Crippen LogP contribution in [0.5, 0.6) is 11.5 Å². The molecule has 4 aromatic rings. The van der Waals surface area contributed by atoms with E-state index in [1.54, 1.807) is 54.2 Å². The summed E-state index contributed by atoms with van der Waals surface area (Å²) < 4.78 is 59.3. The molecule has 0 radical (unpaired) electrons. The molecule has 4 rings (SSSR count). The van der Waals surface area contributed by atoms with Crippen LogP contribution in [0.15, 0.2) is 55.1 Å². The lowest BCUT2D eigenvalue weighted by Crippen LogP contribution is -2.30. The van der Waals surface area contributed by atoms with Crippen molar-refractivity contribution in [2.45, 2.75) is 31.0 Å². The van der Waals surface area contributed by atoms with Gasteiger partial charge in [-0.05, 0) is 38.1 Å². The highest BCUT2D eigenvalue weighted by Gasteiger charge is 2.35. The van der Waals surface area contributed by atoms with E-state index in [1.165, 1.54) is 21.1 Å². The zero-order chi connectivity index (χ0) is 27.3.